The molecule has 2 aliphatic rings. The number of aryl methyl sites for hydroxylation is 2. The number of ether oxygens (including phenoxy) is 1. The minimum atomic E-state index is -4.59. The zero-order chi connectivity index (χ0) is 31.8. The summed E-state index contributed by atoms with van der Waals surface area (Å²) in [5, 5.41) is 10.2. The molecule has 15 heteroatoms. The van der Waals surface area contributed by atoms with E-state index in [1.54, 1.807) is 17.9 Å². The first-order valence-corrected chi connectivity index (χ1v) is 14.9. The summed E-state index contributed by atoms with van der Waals surface area (Å²) in [6.45, 7) is 6.16. The number of nitriles is 1. The second-order valence-electron chi connectivity index (χ2n) is 11.1. The number of methoxy groups -OCH3 is 1. The van der Waals surface area contributed by atoms with Crippen LogP contribution in [-0.2, 0) is 23.8 Å². The zero-order valence-electron chi connectivity index (χ0n) is 24.7. The predicted molar refractivity (Wildman–Crippen MR) is 158 cm³/mol. The summed E-state index contributed by atoms with van der Waals surface area (Å²) in [6.07, 6.45) is -0.828. The number of carbonyl (C=O) groups is 1. The first kappa shape index (κ1) is 31.1. The Morgan fingerprint density at radius 1 is 1.23 bits per heavy atom. The van der Waals surface area contributed by atoms with Gasteiger partial charge in [0.05, 0.1) is 42.6 Å². The average Bonchev–Trinajstić information content (AvgIpc) is 3.38. The fourth-order valence-corrected chi connectivity index (χ4v) is 6.63. The third-order valence-electron chi connectivity index (χ3n) is 8.06. The monoisotopic (exact) mass is 627 g/mol. The largest absolute Gasteiger partial charge is 0.467 e. The number of pyridine rings is 1. The molecule has 5 rings (SSSR count). The van der Waals surface area contributed by atoms with Crippen LogP contribution in [0, 0.1) is 31.1 Å². The summed E-state index contributed by atoms with van der Waals surface area (Å²) in [6, 6.07) is 3.10. The molecule has 0 bridgehead atoms. The number of amides is 1. The molecule has 1 amide bonds. The molecule has 0 radical (unpaired) electrons. The van der Waals surface area contributed by atoms with E-state index in [-0.39, 0.29) is 47.8 Å². The minimum Gasteiger partial charge on any atom is -0.467 e. The number of nitrogen functional groups attached to an aromatic ring is 1. The molecule has 44 heavy (non-hydrogen) atoms. The SMILES string of the molecule is COc1nc2c(c(N3CCN(C(=O)/C=C/c4nc(C)ns4)[C@@H](CC#N)C3)n1)C[C@@H](C)[C@H](c1nc(N)cc(C)c1C(F)(F)F)C2. The van der Waals surface area contributed by atoms with E-state index in [9.17, 15) is 23.2 Å². The average molecular weight is 628 g/mol. The van der Waals surface area contributed by atoms with Crippen LogP contribution in [0.15, 0.2) is 12.1 Å². The van der Waals surface area contributed by atoms with Crippen molar-refractivity contribution in [3.63, 3.8) is 0 Å². The Labute approximate surface area is 256 Å². The summed E-state index contributed by atoms with van der Waals surface area (Å²) in [5.41, 5.74) is 6.50. The number of nitrogens with zero attached hydrogens (tertiary/aromatic N) is 8. The van der Waals surface area contributed by atoms with Gasteiger partial charge in [-0.2, -0.15) is 32.8 Å². The maximum absolute atomic E-state index is 14.2. The van der Waals surface area contributed by atoms with Gasteiger partial charge < -0.3 is 20.3 Å². The normalized spacial score (nSPS) is 20.5. The van der Waals surface area contributed by atoms with E-state index < -0.39 is 23.7 Å². The van der Waals surface area contributed by atoms with E-state index in [1.165, 1.54) is 37.7 Å². The molecular weight excluding hydrogens is 595 g/mol. The smallest absolute Gasteiger partial charge is 0.418 e. The molecular formula is C29H32F3N9O2S. The van der Waals surface area contributed by atoms with Gasteiger partial charge in [0.2, 0.25) is 5.91 Å². The number of carbonyl (C=O) groups excluding carboxylic acids is 1. The number of hydrogen-bond donors (Lipinski definition) is 1. The van der Waals surface area contributed by atoms with Crippen LogP contribution in [0.2, 0.25) is 0 Å². The van der Waals surface area contributed by atoms with Crippen LogP contribution in [0.5, 0.6) is 6.01 Å². The summed E-state index contributed by atoms with van der Waals surface area (Å²) in [4.78, 5) is 34.4. The molecule has 3 atom stereocenters. The van der Waals surface area contributed by atoms with E-state index in [2.05, 4.69) is 30.4 Å². The fraction of sp³-hybridized carbons (Fsp3) is 0.483. The number of piperazine rings is 1. The molecule has 232 valence electrons. The molecule has 3 aromatic rings. The maximum atomic E-state index is 14.2. The third kappa shape index (κ3) is 6.30. The molecule has 1 saturated heterocycles. The van der Waals surface area contributed by atoms with E-state index in [1.807, 2.05) is 11.8 Å². The van der Waals surface area contributed by atoms with Crippen molar-refractivity contribution >= 4 is 35.2 Å². The van der Waals surface area contributed by atoms with Crippen LogP contribution in [-0.4, -0.2) is 67.9 Å². The fourth-order valence-electron chi connectivity index (χ4n) is 6.06. The van der Waals surface area contributed by atoms with Crippen molar-refractivity contribution in [3.05, 3.63) is 51.1 Å². The molecule has 2 N–H and O–H groups in total. The van der Waals surface area contributed by atoms with Gasteiger partial charge in [-0.05, 0) is 61.8 Å². The molecule has 0 spiro atoms. The quantitative estimate of drug-likeness (QED) is 0.396. The van der Waals surface area contributed by atoms with Crippen LogP contribution in [0.1, 0.15) is 58.2 Å². The van der Waals surface area contributed by atoms with Gasteiger partial charge in [0.1, 0.15) is 22.5 Å². The number of nitrogens with two attached hydrogens (primary N) is 1. The summed E-state index contributed by atoms with van der Waals surface area (Å²) < 4.78 is 52.0. The molecule has 0 saturated carbocycles. The van der Waals surface area contributed by atoms with Crippen molar-refractivity contribution in [2.24, 2.45) is 5.92 Å². The summed E-state index contributed by atoms with van der Waals surface area (Å²) >= 11 is 1.19. The second kappa shape index (κ2) is 12.4. The zero-order valence-corrected chi connectivity index (χ0v) is 25.5. The standard InChI is InChI=1S/C29H32F3N9O2S/c1-15-11-20-21(13-19(15)26-25(29(30,31)32)16(2)12-22(34)37-26)36-28(43-4)38-27(20)40-9-10-41(18(14-40)7-8-33)24(42)6-5-23-35-17(3)39-44-23/h5-6,12,15,18-19H,7,9-11,13-14H2,1-4H3,(H2,34,37)/b6-5+/t15-,18+,19-/m1/s1. The Kier molecular flexibility index (Phi) is 8.73. The topological polar surface area (TPSA) is 147 Å². The van der Waals surface area contributed by atoms with Crippen LogP contribution in [0.25, 0.3) is 6.08 Å². The van der Waals surface area contributed by atoms with Gasteiger partial charge in [-0.3, -0.25) is 4.79 Å². The summed E-state index contributed by atoms with van der Waals surface area (Å²) in [5.74, 6) is 0.205. The Balaban J connectivity index is 1.44. The molecule has 0 unspecified atom stereocenters. The highest BCUT2D eigenvalue weighted by Gasteiger charge is 2.42. The molecule has 1 fully saturated rings. The molecule has 3 aromatic heterocycles. The van der Waals surface area contributed by atoms with Crippen molar-refractivity contribution in [2.45, 2.75) is 58.2 Å². The van der Waals surface area contributed by atoms with Gasteiger partial charge in [-0.25, -0.2) is 9.97 Å². The lowest BCUT2D eigenvalue weighted by atomic mass is 9.75. The minimum absolute atomic E-state index is 0.0307. The van der Waals surface area contributed by atoms with E-state index >= 15 is 0 Å². The van der Waals surface area contributed by atoms with Gasteiger partial charge in [-0.15, -0.1) is 0 Å². The Bertz CT molecular complexity index is 1640. The highest BCUT2D eigenvalue weighted by Crippen LogP contribution is 2.45. The van der Waals surface area contributed by atoms with Gasteiger partial charge in [-0.1, -0.05) is 6.92 Å². The Morgan fingerprint density at radius 2 is 2.00 bits per heavy atom. The first-order chi connectivity index (χ1) is 20.9. The van der Waals surface area contributed by atoms with Crippen molar-refractivity contribution in [1.82, 2.24) is 29.2 Å². The van der Waals surface area contributed by atoms with Crippen molar-refractivity contribution in [3.8, 4) is 12.1 Å². The van der Waals surface area contributed by atoms with Gasteiger partial charge in [0, 0.05) is 37.2 Å². The van der Waals surface area contributed by atoms with E-state index in [0.29, 0.717) is 48.4 Å². The number of rotatable bonds is 6. The second-order valence-corrected chi connectivity index (χ2v) is 11.9. The highest BCUT2D eigenvalue weighted by atomic mass is 32.1. The van der Waals surface area contributed by atoms with Gasteiger partial charge in [0.25, 0.3) is 0 Å². The van der Waals surface area contributed by atoms with Crippen molar-refractivity contribution in [1.29, 1.82) is 5.26 Å². The number of aromatic nitrogens is 5. The van der Waals surface area contributed by atoms with Gasteiger partial charge in [0.15, 0.2) is 0 Å². The number of halogens is 3. The Morgan fingerprint density at radius 3 is 2.66 bits per heavy atom. The van der Waals surface area contributed by atoms with E-state index in [4.69, 9.17) is 10.5 Å². The number of alkyl halides is 3. The lowest BCUT2D eigenvalue weighted by Gasteiger charge is -2.42. The number of hydrogen-bond acceptors (Lipinski definition) is 11. The lowest BCUT2D eigenvalue weighted by Crippen LogP contribution is -2.55. The first-order valence-electron chi connectivity index (χ1n) is 14.1. The summed E-state index contributed by atoms with van der Waals surface area (Å²) in [7, 11) is 1.43. The van der Waals surface area contributed by atoms with Crippen LogP contribution >= 0.6 is 11.5 Å². The van der Waals surface area contributed by atoms with Crippen molar-refractivity contribution < 1.29 is 22.7 Å². The van der Waals surface area contributed by atoms with Crippen LogP contribution in [0.4, 0.5) is 24.8 Å². The van der Waals surface area contributed by atoms with Gasteiger partial charge >= 0.3 is 12.2 Å². The van der Waals surface area contributed by atoms with Crippen molar-refractivity contribution in [2.75, 3.05) is 37.4 Å². The number of anilines is 2. The lowest BCUT2D eigenvalue weighted by molar-refractivity contribution is -0.139. The number of fused-ring (bicyclic) bond motifs is 1. The van der Waals surface area contributed by atoms with Crippen LogP contribution in [0.3, 0.4) is 0 Å². The molecule has 1 aliphatic carbocycles. The highest BCUT2D eigenvalue weighted by molar-refractivity contribution is 7.06. The molecule has 0 aromatic carbocycles. The molecule has 11 nitrogen and oxygen atoms in total. The van der Waals surface area contributed by atoms with E-state index in [0.717, 1.165) is 5.56 Å². The van der Waals surface area contributed by atoms with Crippen LogP contribution < -0.4 is 15.4 Å². The Hall–Kier alpha value is -4.32. The molecule has 1 aliphatic heterocycles. The molecule has 4 heterocycles. The predicted octanol–water partition coefficient (Wildman–Crippen LogP) is 4.11. The maximum Gasteiger partial charge on any atom is 0.418 e. The third-order valence-corrected chi connectivity index (χ3v) is 8.83.